The molecule has 5 rings (SSSR count). The van der Waals surface area contributed by atoms with Gasteiger partial charge < -0.3 is 0 Å². The van der Waals surface area contributed by atoms with Gasteiger partial charge in [-0.05, 0) is 89.3 Å². The van der Waals surface area contributed by atoms with E-state index in [0.717, 1.165) is 0 Å². The Balaban J connectivity index is 2.02. The number of hydrogen-bond acceptors (Lipinski definition) is 0. The zero-order chi connectivity index (χ0) is 21.3. The first-order valence-electron chi connectivity index (χ1n) is 11.0. The second-order valence-electron chi connectivity index (χ2n) is 10.8. The SMILES string of the molecule is CC(C)(C)c1ccc2c3ccc(C(C)(C)C)cc3c3cc4ccccc4cc3c2c1. The minimum Gasteiger partial charge on any atom is -0.0616 e. The van der Waals surface area contributed by atoms with E-state index >= 15 is 0 Å². The summed E-state index contributed by atoms with van der Waals surface area (Å²) in [6, 6.07) is 27.6. The van der Waals surface area contributed by atoms with Crippen LogP contribution in [0.4, 0.5) is 0 Å². The molecule has 5 aromatic carbocycles. The third kappa shape index (κ3) is 2.98. The van der Waals surface area contributed by atoms with Crippen LogP contribution < -0.4 is 0 Å². The molecule has 150 valence electrons. The van der Waals surface area contributed by atoms with Gasteiger partial charge in [0.25, 0.3) is 0 Å². The Kier molecular flexibility index (Phi) is 4.03. The summed E-state index contributed by atoms with van der Waals surface area (Å²) >= 11 is 0. The molecular weight excluding hydrogens is 360 g/mol. The first-order chi connectivity index (χ1) is 14.1. The van der Waals surface area contributed by atoms with E-state index in [9.17, 15) is 0 Å². The van der Waals surface area contributed by atoms with E-state index in [2.05, 4.69) is 114 Å². The zero-order valence-corrected chi connectivity index (χ0v) is 18.9. The molecule has 0 saturated carbocycles. The summed E-state index contributed by atoms with van der Waals surface area (Å²) in [6.45, 7) is 13.8. The molecule has 0 saturated heterocycles. The average molecular weight is 391 g/mol. The van der Waals surface area contributed by atoms with Gasteiger partial charge in [-0.15, -0.1) is 0 Å². The van der Waals surface area contributed by atoms with Crippen molar-refractivity contribution in [3.63, 3.8) is 0 Å². The summed E-state index contributed by atoms with van der Waals surface area (Å²) in [5, 5.41) is 10.7. The number of hydrogen-bond donors (Lipinski definition) is 0. The first-order valence-corrected chi connectivity index (χ1v) is 11.0. The molecule has 0 N–H and O–H groups in total. The van der Waals surface area contributed by atoms with Crippen LogP contribution in [0.3, 0.4) is 0 Å². The van der Waals surface area contributed by atoms with Crippen molar-refractivity contribution in [2.24, 2.45) is 0 Å². The molecule has 0 heterocycles. The molecule has 0 heteroatoms. The largest absolute Gasteiger partial charge is 0.0616 e. The molecule has 0 spiro atoms. The molecule has 0 nitrogen and oxygen atoms in total. The van der Waals surface area contributed by atoms with Crippen molar-refractivity contribution >= 4 is 43.1 Å². The summed E-state index contributed by atoms with van der Waals surface area (Å²) in [5.74, 6) is 0. The van der Waals surface area contributed by atoms with Gasteiger partial charge in [-0.2, -0.15) is 0 Å². The van der Waals surface area contributed by atoms with E-state index in [0.29, 0.717) is 0 Å². The molecule has 0 amide bonds. The molecule has 30 heavy (non-hydrogen) atoms. The summed E-state index contributed by atoms with van der Waals surface area (Å²) < 4.78 is 0. The molecule has 0 radical (unpaired) electrons. The predicted molar refractivity (Wildman–Crippen MR) is 134 cm³/mol. The number of benzene rings is 5. The van der Waals surface area contributed by atoms with E-state index in [1.54, 1.807) is 0 Å². The van der Waals surface area contributed by atoms with E-state index < -0.39 is 0 Å². The van der Waals surface area contributed by atoms with Crippen molar-refractivity contribution in [2.45, 2.75) is 52.4 Å². The molecule has 0 atom stereocenters. The van der Waals surface area contributed by atoms with Gasteiger partial charge in [0.2, 0.25) is 0 Å². The first kappa shape index (κ1) is 19.1. The average Bonchev–Trinajstić information content (AvgIpc) is 2.70. The van der Waals surface area contributed by atoms with E-state index in [1.807, 2.05) is 0 Å². The Morgan fingerprint density at radius 3 is 1.13 bits per heavy atom. The second-order valence-corrected chi connectivity index (χ2v) is 10.8. The smallest absolute Gasteiger partial charge is 0.00925 e. The maximum atomic E-state index is 2.42. The Morgan fingerprint density at radius 1 is 0.400 bits per heavy atom. The van der Waals surface area contributed by atoms with Crippen LogP contribution in [-0.2, 0) is 10.8 Å². The Morgan fingerprint density at radius 2 is 0.767 bits per heavy atom. The third-order valence-corrected chi connectivity index (χ3v) is 6.53. The van der Waals surface area contributed by atoms with Crippen LogP contribution in [0.15, 0.2) is 72.8 Å². The lowest BCUT2D eigenvalue weighted by molar-refractivity contribution is 0.591. The normalized spacial score (nSPS) is 13.0. The van der Waals surface area contributed by atoms with Crippen molar-refractivity contribution in [3.8, 4) is 0 Å². The van der Waals surface area contributed by atoms with Crippen LogP contribution in [0, 0.1) is 0 Å². The fourth-order valence-corrected chi connectivity index (χ4v) is 4.62. The van der Waals surface area contributed by atoms with Gasteiger partial charge in [0.15, 0.2) is 0 Å². The number of rotatable bonds is 0. The lowest BCUT2D eigenvalue weighted by Crippen LogP contribution is -2.11. The maximum Gasteiger partial charge on any atom is -0.00925 e. The highest BCUT2D eigenvalue weighted by atomic mass is 14.2. The molecule has 0 fully saturated rings. The highest BCUT2D eigenvalue weighted by Gasteiger charge is 2.19. The molecular formula is C30H30. The molecule has 0 aliphatic heterocycles. The minimum absolute atomic E-state index is 0.127. The van der Waals surface area contributed by atoms with Gasteiger partial charge >= 0.3 is 0 Å². The lowest BCUT2D eigenvalue weighted by atomic mass is 9.82. The zero-order valence-electron chi connectivity index (χ0n) is 18.9. The highest BCUT2D eigenvalue weighted by Crippen LogP contribution is 2.40. The standard InChI is InChI=1S/C30H30/c1-29(2,3)21-11-13-23-24-14-12-22(30(4,5)6)18-28(24)26-16-20-10-8-7-9-19(20)15-25(26)27(23)17-21/h7-18H,1-6H3. The van der Waals surface area contributed by atoms with Crippen molar-refractivity contribution in [1.29, 1.82) is 0 Å². The summed E-state index contributed by atoms with van der Waals surface area (Å²) in [7, 11) is 0. The highest BCUT2D eigenvalue weighted by molar-refractivity contribution is 6.27. The monoisotopic (exact) mass is 390 g/mol. The van der Waals surface area contributed by atoms with Crippen LogP contribution in [0.1, 0.15) is 52.7 Å². The Bertz CT molecular complexity index is 1320. The fourth-order valence-electron chi connectivity index (χ4n) is 4.62. The molecule has 0 aromatic heterocycles. The van der Waals surface area contributed by atoms with Crippen molar-refractivity contribution in [3.05, 3.63) is 83.9 Å². The summed E-state index contributed by atoms with van der Waals surface area (Å²) in [6.07, 6.45) is 0. The van der Waals surface area contributed by atoms with Gasteiger partial charge in [0.05, 0.1) is 0 Å². The van der Waals surface area contributed by atoms with Gasteiger partial charge in [0, 0.05) is 0 Å². The van der Waals surface area contributed by atoms with Gasteiger partial charge in [-0.1, -0.05) is 90.1 Å². The fraction of sp³-hybridized carbons (Fsp3) is 0.267. The second kappa shape index (κ2) is 6.32. The maximum absolute atomic E-state index is 2.42. The van der Waals surface area contributed by atoms with Crippen molar-refractivity contribution in [2.75, 3.05) is 0 Å². The molecule has 5 aromatic rings. The van der Waals surface area contributed by atoms with E-state index in [1.165, 1.54) is 54.2 Å². The van der Waals surface area contributed by atoms with Crippen molar-refractivity contribution in [1.82, 2.24) is 0 Å². The molecule has 0 aliphatic carbocycles. The molecule has 0 bridgehead atoms. The topological polar surface area (TPSA) is 0 Å². The summed E-state index contributed by atoms with van der Waals surface area (Å²) in [4.78, 5) is 0. The van der Waals surface area contributed by atoms with E-state index in [-0.39, 0.29) is 10.8 Å². The number of fused-ring (bicyclic) bond motifs is 7. The predicted octanol–water partition coefficient (Wildman–Crippen LogP) is 8.89. The van der Waals surface area contributed by atoms with Crippen LogP contribution in [0.25, 0.3) is 43.1 Å². The van der Waals surface area contributed by atoms with E-state index in [4.69, 9.17) is 0 Å². The quantitative estimate of drug-likeness (QED) is 0.183. The van der Waals surface area contributed by atoms with Crippen LogP contribution in [0.2, 0.25) is 0 Å². The van der Waals surface area contributed by atoms with Crippen molar-refractivity contribution < 1.29 is 0 Å². The van der Waals surface area contributed by atoms with Gasteiger partial charge in [0.1, 0.15) is 0 Å². The van der Waals surface area contributed by atoms with Crippen LogP contribution >= 0.6 is 0 Å². The van der Waals surface area contributed by atoms with Crippen LogP contribution in [-0.4, -0.2) is 0 Å². The lowest BCUT2D eigenvalue weighted by Gasteiger charge is -2.22. The Labute approximate surface area is 179 Å². The molecule has 0 aliphatic rings. The third-order valence-electron chi connectivity index (χ3n) is 6.53. The molecule has 0 unspecified atom stereocenters. The van der Waals surface area contributed by atoms with Gasteiger partial charge in [-0.25, -0.2) is 0 Å². The van der Waals surface area contributed by atoms with Crippen LogP contribution in [0.5, 0.6) is 0 Å². The summed E-state index contributed by atoms with van der Waals surface area (Å²) in [5.41, 5.74) is 3.02. The Hall–Kier alpha value is -2.86. The van der Waals surface area contributed by atoms with Gasteiger partial charge in [-0.3, -0.25) is 0 Å². The minimum atomic E-state index is 0.127.